The van der Waals surface area contributed by atoms with Crippen LogP contribution in [0.15, 0.2) is 59.4 Å². The number of carboxylic acids is 1. The van der Waals surface area contributed by atoms with Crippen molar-refractivity contribution >= 4 is 29.2 Å². The topological polar surface area (TPSA) is 79.5 Å². The summed E-state index contributed by atoms with van der Waals surface area (Å²) in [4.78, 5) is 23.6. The quantitative estimate of drug-likeness (QED) is 0.380. The van der Waals surface area contributed by atoms with Crippen LogP contribution in [0.3, 0.4) is 0 Å². The molecule has 0 aliphatic carbocycles. The van der Waals surface area contributed by atoms with Gasteiger partial charge in [-0.25, -0.2) is 4.79 Å². The van der Waals surface area contributed by atoms with Gasteiger partial charge in [-0.3, -0.25) is 4.79 Å². The number of aryl methyl sites for hydroxylation is 2. The van der Waals surface area contributed by atoms with Crippen LogP contribution in [0.25, 0.3) is 0 Å². The Balaban J connectivity index is 0.00000240. The number of hydrogen-bond acceptors (Lipinski definition) is 3. The van der Waals surface area contributed by atoms with Gasteiger partial charge in [0.15, 0.2) is 0 Å². The molecule has 0 bridgehead atoms. The number of aromatic hydroxyl groups is 1. The van der Waals surface area contributed by atoms with Crippen LogP contribution in [0, 0.1) is 48.7 Å². The molecule has 0 amide bonds. The summed E-state index contributed by atoms with van der Waals surface area (Å²) in [6.45, 7) is 0.349. The molecule has 1 heterocycles. The van der Waals surface area contributed by atoms with Gasteiger partial charge in [0.1, 0.15) is 10.8 Å². The van der Waals surface area contributed by atoms with Crippen LogP contribution in [0.4, 0.5) is 0 Å². The van der Waals surface area contributed by atoms with E-state index in [4.69, 9.17) is 28.3 Å². The molecule has 31 heavy (non-hydrogen) atoms. The first-order chi connectivity index (χ1) is 13.9. The zero-order valence-corrected chi connectivity index (χ0v) is 22.2. The van der Waals surface area contributed by atoms with Gasteiger partial charge in [-0.05, 0) is 54.7 Å². The maximum Gasteiger partial charge on any atom is 0.335 e. The number of phenols is 1. The van der Waals surface area contributed by atoms with Crippen molar-refractivity contribution < 1.29 is 56.3 Å². The third-order valence-electron chi connectivity index (χ3n) is 4.75. The molecule has 0 atom stereocenters. The first-order valence-electron chi connectivity index (χ1n) is 9.03. The Hall–Kier alpha value is -1.40. The second kappa shape index (κ2) is 12.6. The van der Waals surface area contributed by atoms with Gasteiger partial charge < -0.3 is 22.2 Å². The van der Waals surface area contributed by atoms with Gasteiger partial charge in [0.05, 0.1) is 10.6 Å². The van der Waals surface area contributed by atoms with Crippen LogP contribution in [0.5, 0.6) is 5.75 Å². The molecule has 2 aromatic carbocycles. The Morgan fingerprint density at radius 2 is 1.58 bits per heavy atom. The second-order valence-electron chi connectivity index (χ2n) is 6.62. The molecule has 0 spiro atoms. The molecular weight excluding hydrogens is 566 g/mol. The third kappa shape index (κ3) is 7.05. The molecule has 5 nitrogen and oxygen atoms in total. The van der Waals surface area contributed by atoms with Gasteiger partial charge in [-0.2, -0.15) is 0 Å². The first-order valence-corrected chi connectivity index (χ1v) is 9.79. The molecule has 8 heteroatoms. The molecule has 0 fully saturated rings. The fourth-order valence-corrected chi connectivity index (χ4v) is 3.73. The minimum absolute atomic E-state index is 0. The van der Waals surface area contributed by atoms with Crippen molar-refractivity contribution in [2.24, 2.45) is 0 Å². The van der Waals surface area contributed by atoms with Gasteiger partial charge in [0.25, 0.3) is 5.56 Å². The molecule has 0 aliphatic heterocycles. The van der Waals surface area contributed by atoms with Gasteiger partial charge in [0, 0.05) is 53.5 Å². The summed E-state index contributed by atoms with van der Waals surface area (Å²) in [6, 6.07) is 15.0. The molecule has 3 rings (SSSR count). The summed E-state index contributed by atoms with van der Waals surface area (Å²) in [5.74, 6) is -0.786. The van der Waals surface area contributed by atoms with Crippen molar-refractivity contribution in [3.8, 4) is 5.75 Å². The van der Waals surface area contributed by atoms with E-state index < -0.39 is 5.97 Å². The summed E-state index contributed by atoms with van der Waals surface area (Å²) < 4.78 is 1.55. The zero-order chi connectivity index (χ0) is 21.0. The van der Waals surface area contributed by atoms with Crippen LogP contribution >= 0.6 is 23.2 Å². The number of para-hydroxylation sites is 1. The van der Waals surface area contributed by atoms with E-state index in [0.717, 1.165) is 11.1 Å². The van der Waals surface area contributed by atoms with Crippen LogP contribution in [-0.4, -0.2) is 20.7 Å². The van der Waals surface area contributed by atoms with Gasteiger partial charge in [-0.1, -0.05) is 53.5 Å². The van der Waals surface area contributed by atoms with Gasteiger partial charge >= 0.3 is 5.97 Å². The molecule has 0 saturated carbocycles. The number of nitrogens with zero attached hydrogens (tertiary/aromatic N) is 1. The SMILES string of the molecule is O=C(O)c1ccc(CCn2c(CCc3ccccc3O)c(Cl)cc(Cl)c2=O)cc1.[CH3-].[Pr]. The Labute approximate surface area is 224 Å². The summed E-state index contributed by atoms with van der Waals surface area (Å²) in [5, 5.41) is 19.4. The van der Waals surface area contributed by atoms with Crippen molar-refractivity contribution in [1.29, 1.82) is 0 Å². The first kappa shape index (κ1) is 27.6. The fraction of sp³-hybridized carbons (Fsp3) is 0.174. The fourth-order valence-electron chi connectivity index (χ4n) is 3.16. The molecule has 0 saturated heterocycles. The van der Waals surface area contributed by atoms with E-state index in [2.05, 4.69) is 0 Å². The van der Waals surface area contributed by atoms with Gasteiger partial charge in [-0.15, -0.1) is 0 Å². The van der Waals surface area contributed by atoms with E-state index in [-0.39, 0.29) is 70.6 Å². The minimum atomic E-state index is -0.985. The number of rotatable bonds is 7. The maximum atomic E-state index is 12.6. The van der Waals surface area contributed by atoms with Crippen molar-refractivity contribution in [2.75, 3.05) is 0 Å². The van der Waals surface area contributed by atoms with E-state index in [1.54, 1.807) is 28.8 Å². The Bertz CT molecular complexity index is 1100. The van der Waals surface area contributed by atoms with Crippen molar-refractivity contribution in [2.45, 2.75) is 25.8 Å². The Morgan fingerprint density at radius 3 is 2.19 bits per heavy atom. The van der Waals surface area contributed by atoms with Gasteiger partial charge in [0.2, 0.25) is 0 Å². The van der Waals surface area contributed by atoms with Crippen molar-refractivity contribution in [3.63, 3.8) is 0 Å². The predicted octanol–water partition coefficient (Wildman–Crippen LogP) is 5.04. The van der Waals surface area contributed by atoms with E-state index in [0.29, 0.717) is 36.5 Å². The van der Waals surface area contributed by atoms with E-state index in [1.165, 1.54) is 18.2 Å². The largest absolute Gasteiger partial charge is 0.508 e. The monoisotopic (exact) mass is 587 g/mol. The molecule has 0 unspecified atom stereocenters. The summed E-state index contributed by atoms with van der Waals surface area (Å²) in [7, 11) is 0. The van der Waals surface area contributed by atoms with E-state index in [1.807, 2.05) is 12.1 Å². The van der Waals surface area contributed by atoms with Crippen LogP contribution in [0.2, 0.25) is 10.0 Å². The number of aromatic carboxylic acids is 1. The Morgan fingerprint density at radius 1 is 0.935 bits per heavy atom. The molecule has 161 valence electrons. The number of phenolic OH excluding ortho intramolecular Hbond substituents is 1. The van der Waals surface area contributed by atoms with Crippen LogP contribution in [0.1, 0.15) is 27.2 Å². The average Bonchev–Trinajstić information content (AvgIpc) is 2.70. The zero-order valence-electron chi connectivity index (χ0n) is 17.0. The number of hydrogen-bond donors (Lipinski definition) is 2. The standard InChI is InChI=1S/C22H19Cl2NO4.CH3.Pr/c23-17-13-18(24)21(27)25(12-11-14-5-7-16(8-6-14)22(28)29)19(17)10-9-15-3-1-2-4-20(15)26;;/h1-8,13,26H,9-12H2,(H,28,29);1H3;/q;-1;. The number of halogens is 2. The number of carboxylic acid groups (broad SMARTS) is 1. The molecule has 2 N–H and O–H groups in total. The summed E-state index contributed by atoms with van der Waals surface area (Å²) in [5.41, 5.74) is 2.18. The molecule has 1 radical (unpaired) electrons. The smallest absolute Gasteiger partial charge is 0.335 e. The number of aromatic nitrogens is 1. The minimum Gasteiger partial charge on any atom is -0.508 e. The molecule has 3 aromatic rings. The number of benzene rings is 2. The Kier molecular flexibility index (Phi) is 11.2. The summed E-state index contributed by atoms with van der Waals surface area (Å²) in [6.07, 6.45) is 1.49. The van der Waals surface area contributed by atoms with Crippen molar-refractivity contribution in [3.05, 3.63) is 105 Å². The van der Waals surface area contributed by atoms with Crippen molar-refractivity contribution in [1.82, 2.24) is 4.57 Å². The van der Waals surface area contributed by atoms with Crippen LogP contribution < -0.4 is 5.56 Å². The van der Waals surface area contributed by atoms with E-state index >= 15 is 0 Å². The average molecular weight is 588 g/mol. The molecular formula is C23H22Cl2NO4Pr-. The summed E-state index contributed by atoms with van der Waals surface area (Å²) >= 11 is 12.4. The molecule has 0 aliphatic rings. The third-order valence-corrected chi connectivity index (χ3v) is 5.35. The number of carbonyl (C=O) groups is 1. The predicted molar refractivity (Wildman–Crippen MR) is 120 cm³/mol. The maximum absolute atomic E-state index is 12.6. The molecule has 1 aromatic heterocycles. The number of pyridine rings is 1. The van der Waals surface area contributed by atoms with Crippen LogP contribution in [-0.2, 0) is 25.8 Å². The normalized spacial score (nSPS) is 10.1. The second-order valence-corrected chi connectivity index (χ2v) is 7.44. The van der Waals surface area contributed by atoms with E-state index in [9.17, 15) is 14.7 Å².